The highest BCUT2D eigenvalue weighted by Crippen LogP contribution is 2.38. The van der Waals surface area contributed by atoms with Crippen LogP contribution in [0.2, 0.25) is 0 Å². The molecule has 1 fully saturated rings. The highest BCUT2D eigenvalue weighted by molar-refractivity contribution is 6.05. The number of carboxylic acids is 1. The van der Waals surface area contributed by atoms with Gasteiger partial charge in [0.1, 0.15) is 5.56 Å². The molecule has 1 aromatic heterocycles. The monoisotopic (exact) mass is 367 g/mol. The molecule has 2 heterocycles. The highest BCUT2D eigenvalue weighted by Gasteiger charge is 2.35. The van der Waals surface area contributed by atoms with Crippen LogP contribution >= 0.6 is 0 Å². The summed E-state index contributed by atoms with van der Waals surface area (Å²) in [6.45, 7) is 1.71. The Morgan fingerprint density at radius 2 is 1.96 bits per heavy atom. The van der Waals surface area contributed by atoms with Gasteiger partial charge in [-0.3, -0.25) is 4.98 Å². The number of halogens is 3. The number of piperidine rings is 1. The Hall–Kier alpha value is -2.35. The molecule has 0 atom stereocenters. The molecule has 26 heavy (non-hydrogen) atoms. The van der Waals surface area contributed by atoms with Gasteiger partial charge in [0.05, 0.1) is 16.8 Å². The van der Waals surface area contributed by atoms with Gasteiger partial charge in [-0.1, -0.05) is 12.1 Å². The number of hydrogen-bond acceptors (Lipinski definition) is 4. The van der Waals surface area contributed by atoms with Crippen LogP contribution in [0.3, 0.4) is 0 Å². The van der Waals surface area contributed by atoms with Crippen LogP contribution in [0.5, 0.6) is 0 Å². The van der Waals surface area contributed by atoms with E-state index in [4.69, 9.17) is 0 Å². The number of nitrogens with zero attached hydrogens (tertiary/aromatic N) is 3. The Balaban J connectivity index is 2.18. The topological polar surface area (TPSA) is 56.7 Å². The first-order valence-electron chi connectivity index (χ1n) is 8.33. The number of hydrogen-bond donors (Lipinski definition) is 1. The van der Waals surface area contributed by atoms with Crippen molar-refractivity contribution >= 4 is 22.6 Å². The van der Waals surface area contributed by atoms with Crippen LogP contribution in [-0.2, 0) is 6.18 Å². The summed E-state index contributed by atoms with van der Waals surface area (Å²) in [6.07, 6.45) is -1.90. The smallest absolute Gasteiger partial charge is 0.418 e. The molecular formula is C18H20F3N3O2. The van der Waals surface area contributed by atoms with Gasteiger partial charge in [0, 0.05) is 24.7 Å². The van der Waals surface area contributed by atoms with Crippen LogP contribution in [0.4, 0.5) is 18.9 Å². The number of benzene rings is 1. The molecule has 1 saturated heterocycles. The third-order valence-electron chi connectivity index (χ3n) is 4.99. The summed E-state index contributed by atoms with van der Waals surface area (Å²) in [7, 11) is 3.76. The minimum atomic E-state index is -4.55. The average Bonchev–Trinajstić information content (AvgIpc) is 2.59. The van der Waals surface area contributed by atoms with E-state index in [1.165, 1.54) is 12.1 Å². The number of fused-ring (bicyclic) bond motifs is 1. The Morgan fingerprint density at radius 1 is 1.31 bits per heavy atom. The zero-order chi connectivity index (χ0) is 19.1. The third-order valence-corrected chi connectivity index (χ3v) is 4.99. The van der Waals surface area contributed by atoms with Crippen LogP contribution in [0, 0.1) is 0 Å². The van der Waals surface area contributed by atoms with Gasteiger partial charge >= 0.3 is 12.1 Å². The normalized spacial score (nSPS) is 16.8. The van der Waals surface area contributed by atoms with Gasteiger partial charge in [0.15, 0.2) is 0 Å². The first kappa shape index (κ1) is 18.4. The number of rotatable bonds is 3. The molecule has 0 aliphatic carbocycles. The third kappa shape index (κ3) is 3.33. The predicted octanol–water partition coefficient (Wildman–Crippen LogP) is 3.48. The summed E-state index contributed by atoms with van der Waals surface area (Å²) < 4.78 is 40.0. The molecule has 5 nitrogen and oxygen atoms in total. The van der Waals surface area contributed by atoms with E-state index in [2.05, 4.69) is 9.88 Å². The van der Waals surface area contributed by atoms with E-state index in [0.717, 1.165) is 38.2 Å². The lowest BCUT2D eigenvalue weighted by Crippen LogP contribution is -2.42. The zero-order valence-electron chi connectivity index (χ0n) is 14.5. The molecule has 0 amide bonds. The van der Waals surface area contributed by atoms with E-state index < -0.39 is 17.7 Å². The lowest BCUT2D eigenvalue weighted by atomic mass is 9.99. The summed E-state index contributed by atoms with van der Waals surface area (Å²) >= 11 is 0. The second kappa shape index (κ2) is 6.75. The molecule has 8 heteroatoms. The Labute approximate surface area is 149 Å². The van der Waals surface area contributed by atoms with Crippen LogP contribution in [0.25, 0.3) is 10.9 Å². The first-order chi connectivity index (χ1) is 12.2. The second-order valence-corrected chi connectivity index (χ2v) is 6.67. The molecule has 140 valence electrons. The largest absolute Gasteiger partial charge is 0.478 e. The van der Waals surface area contributed by atoms with E-state index in [-0.39, 0.29) is 22.5 Å². The van der Waals surface area contributed by atoms with E-state index in [9.17, 15) is 23.1 Å². The fourth-order valence-corrected chi connectivity index (χ4v) is 3.54. The predicted molar refractivity (Wildman–Crippen MR) is 92.6 cm³/mol. The van der Waals surface area contributed by atoms with Crippen molar-refractivity contribution in [3.63, 3.8) is 0 Å². The van der Waals surface area contributed by atoms with Crippen molar-refractivity contribution in [2.75, 3.05) is 32.1 Å². The number of anilines is 1. The standard InChI is InChI=1S/C18H20F3N3O2/c1-23-8-6-11(7-9-23)24(2)16-12-4-3-5-14(18(19,20)21)15(12)22-10-13(16)17(25)26/h3-5,10-11H,6-9H2,1-2H3,(H,25,26). The maximum absolute atomic E-state index is 13.3. The molecule has 0 spiro atoms. The maximum atomic E-state index is 13.3. The van der Waals surface area contributed by atoms with Gasteiger partial charge in [0.2, 0.25) is 0 Å². The van der Waals surface area contributed by atoms with Crippen molar-refractivity contribution in [3.05, 3.63) is 35.5 Å². The van der Waals surface area contributed by atoms with Gasteiger partial charge in [-0.15, -0.1) is 0 Å². The number of aromatic carboxylic acids is 1. The molecule has 2 aromatic rings. The molecule has 1 aromatic carbocycles. The van der Waals surface area contributed by atoms with Crippen molar-refractivity contribution in [2.24, 2.45) is 0 Å². The molecule has 1 N–H and O–H groups in total. The number of carboxylic acid groups (broad SMARTS) is 1. The second-order valence-electron chi connectivity index (χ2n) is 6.67. The highest BCUT2D eigenvalue weighted by atomic mass is 19.4. The van der Waals surface area contributed by atoms with Gasteiger partial charge in [0.25, 0.3) is 0 Å². The van der Waals surface area contributed by atoms with E-state index in [0.29, 0.717) is 5.69 Å². The van der Waals surface area contributed by atoms with Crippen molar-refractivity contribution in [2.45, 2.75) is 25.1 Å². The van der Waals surface area contributed by atoms with E-state index in [1.54, 1.807) is 11.9 Å². The van der Waals surface area contributed by atoms with Crippen LogP contribution in [0.15, 0.2) is 24.4 Å². The minimum absolute atomic E-state index is 0.0597. The van der Waals surface area contributed by atoms with Crippen molar-refractivity contribution in [3.8, 4) is 0 Å². The van der Waals surface area contributed by atoms with Gasteiger partial charge in [-0.05, 0) is 39.0 Å². The van der Waals surface area contributed by atoms with Crippen LogP contribution in [0.1, 0.15) is 28.8 Å². The molecule has 0 bridgehead atoms. The lowest BCUT2D eigenvalue weighted by Gasteiger charge is -2.37. The molecular weight excluding hydrogens is 347 g/mol. The summed E-state index contributed by atoms with van der Waals surface area (Å²) in [5, 5.41) is 9.76. The number of carbonyl (C=O) groups is 1. The van der Waals surface area contributed by atoms with Gasteiger partial charge < -0.3 is 14.9 Å². The fourth-order valence-electron chi connectivity index (χ4n) is 3.54. The van der Waals surface area contributed by atoms with Crippen molar-refractivity contribution in [1.29, 1.82) is 0 Å². The first-order valence-corrected chi connectivity index (χ1v) is 8.33. The quantitative estimate of drug-likeness (QED) is 0.900. The number of para-hydroxylation sites is 1. The van der Waals surface area contributed by atoms with E-state index >= 15 is 0 Å². The molecule has 0 unspecified atom stereocenters. The number of likely N-dealkylation sites (tertiary alicyclic amines) is 1. The Bertz CT molecular complexity index is 830. The molecule has 0 saturated carbocycles. The van der Waals surface area contributed by atoms with E-state index in [1.807, 2.05) is 7.05 Å². The zero-order valence-corrected chi connectivity index (χ0v) is 14.5. The summed E-state index contributed by atoms with van der Waals surface area (Å²) in [5.74, 6) is -1.20. The van der Waals surface area contributed by atoms with Gasteiger partial charge in [-0.2, -0.15) is 13.2 Å². The van der Waals surface area contributed by atoms with Crippen molar-refractivity contribution in [1.82, 2.24) is 9.88 Å². The fraction of sp³-hybridized carbons (Fsp3) is 0.444. The maximum Gasteiger partial charge on any atom is 0.418 e. The van der Waals surface area contributed by atoms with Crippen molar-refractivity contribution < 1.29 is 23.1 Å². The van der Waals surface area contributed by atoms with Crippen LogP contribution in [-0.4, -0.2) is 54.2 Å². The average molecular weight is 367 g/mol. The summed E-state index contributed by atoms with van der Waals surface area (Å²) in [6, 6.07) is 3.83. The molecule has 1 aliphatic rings. The number of aromatic nitrogens is 1. The van der Waals surface area contributed by atoms with Crippen LogP contribution < -0.4 is 4.90 Å². The lowest BCUT2D eigenvalue weighted by molar-refractivity contribution is -0.136. The SMILES string of the molecule is CN1CCC(N(C)c2c(C(=O)O)cnc3c(C(F)(F)F)cccc23)CC1. The Morgan fingerprint density at radius 3 is 2.54 bits per heavy atom. The summed E-state index contributed by atoms with van der Waals surface area (Å²) in [5.41, 5.74) is -0.869. The molecule has 3 rings (SSSR count). The number of pyridine rings is 1. The van der Waals surface area contributed by atoms with Gasteiger partial charge in [-0.25, -0.2) is 4.79 Å². The Kier molecular flexibility index (Phi) is 4.79. The molecule has 1 aliphatic heterocycles. The minimum Gasteiger partial charge on any atom is -0.478 e. The molecule has 0 radical (unpaired) electrons. The number of alkyl halides is 3. The summed E-state index contributed by atoms with van der Waals surface area (Å²) in [4.78, 5) is 19.5.